The van der Waals surface area contributed by atoms with Crippen LogP contribution in [0.5, 0.6) is 0 Å². The average Bonchev–Trinajstić information content (AvgIpc) is 2.53. The smallest absolute Gasteiger partial charge is 0.227 e. The van der Waals surface area contributed by atoms with E-state index >= 15 is 0 Å². The Labute approximate surface area is 127 Å². The molecule has 0 amide bonds. The van der Waals surface area contributed by atoms with Gasteiger partial charge in [0.2, 0.25) is 11.9 Å². The minimum absolute atomic E-state index is 0.124. The van der Waals surface area contributed by atoms with Gasteiger partial charge in [0.15, 0.2) is 5.65 Å². The summed E-state index contributed by atoms with van der Waals surface area (Å²) in [6.45, 7) is 1.66. The molecule has 1 aliphatic heterocycles. The number of aromatic nitrogens is 4. The van der Waals surface area contributed by atoms with E-state index in [-0.39, 0.29) is 5.95 Å². The van der Waals surface area contributed by atoms with Crippen LogP contribution in [0.1, 0.15) is 11.1 Å². The van der Waals surface area contributed by atoms with Gasteiger partial charge in [0.05, 0.1) is 5.39 Å². The number of anilines is 3. The first-order chi connectivity index (χ1) is 10.7. The van der Waals surface area contributed by atoms with E-state index in [0.29, 0.717) is 22.8 Å². The second-order valence-corrected chi connectivity index (χ2v) is 5.31. The van der Waals surface area contributed by atoms with Crippen molar-refractivity contribution >= 4 is 28.7 Å². The molecule has 0 bridgehead atoms. The van der Waals surface area contributed by atoms with Gasteiger partial charge in [0.1, 0.15) is 5.82 Å². The highest BCUT2D eigenvalue weighted by molar-refractivity contribution is 5.85. The molecule has 0 saturated carbocycles. The Morgan fingerprint density at radius 1 is 1.00 bits per heavy atom. The van der Waals surface area contributed by atoms with E-state index in [1.807, 2.05) is 0 Å². The van der Waals surface area contributed by atoms with Crippen LogP contribution in [0.15, 0.2) is 30.5 Å². The van der Waals surface area contributed by atoms with E-state index in [1.54, 1.807) is 6.20 Å². The second kappa shape index (κ2) is 4.80. The molecule has 7 nitrogen and oxygen atoms in total. The highest BCUT2D eigenvalue weighted by Crippen LogP contribution is 2.24. The first-order valence-corrected chi connectivity index (χ1v) is 7.08. The molecule has 0 spiro atoms. The van der Waals surface area contributed by atoms with Crippen LogP contribution in [-0.4, -0.2) is 26.5 Å². The molecule has 1 aromatic carbocycles. The van der Waals surface area contributed by atoms with Crippen molar-refractivity contribution in [2.75, 3.05) is 22.9 Å². The maximum Gasteiger partial charge on any atom is 0.227 e. The molecule has 110 valence electrons. The highest BCUT2D eigenvalue weighted by Gasteiger charge is 2.19. The van der Waals surface area contributed by atoms with Gasteiger partial charge in [-0.15, -0.1) is 0 Å². The fourth-order valence-electron chi connectivity index (χ4n) is 2.77. The zero-order valence-electron chi connectivity index (χ0n) is 11.9. The Hall–Kier alpha value is -2.96. The Bertz CT molecular complexity index is 862. The summed E-state index contributed by atoms with van der Waals surface area (Å²) in [4.78, 5) is 19.1. The SMILES string of the molecule is Nc1nc(N)c2cnc(N3CCc4ccccc4C3)nc2n1. The van der Waals surface area contributed by atoms with Gasteiger partial charge in [0.25, 0.3) is 0 Å². The summed E-state index contributed by atoms with van der Waals surface area (Å²) in [6.07, 6.45) is 2.64. The lowest BCUT2D eigenvalue weighted by Crippen LogP contribution is -2.31. The molecule has 0 aliphatic carbocycles. The Balaban J connectivity index is 1.73. The third kappa shape index (κ3) is 2.07. The second-order valence-electron chi connectivity index (χ2n) is 5.31. The van der Waals surface area contributed by atoms with E-state index in [9.17, 15) is 0 Å². The van der Waals surface area contributed by atoms with Gasteiger partial charge in [-0.3, -0.25) is 0 Å². The maximum atomic E-state index is 5.82. The first kappa shape index (κ1) is 12.8. The van der Waals surface area contributed by atoms with Gasteiger partial charge < -0.3 is 16.4 Å². The number of fused-ring (bicyclic) bond motifs is 2. The molecule has 3 aromatic rings. The molecule has 0 fully saturated rings. The number of rotatable bonds is 1. The largest absolute Gasteiger partial charge is 0.383 e. The van der Waals surface area contributed by atoms with Gasteiger partial charge in [-0.25, -0.2) is 4.98 Å². The first-order valence-electron chi connectivity index (χ1n) is 7.08. The molecule has 0 unspecified atom stereocenters. The molecule has 4 rings (SSSR count). The lowest BCUT2D eigenvalue weighted by atomic mass is 10.0. The number of nitrogens with two attached hydrogens (primary N) is 2. The lowest BCUT2D eigenvalue weighted by molar-refractivity contribution is 0.709. The van der Waals surface area contributed by atoms with Crippen molar-refractivity contribution in [3.05, 3.63) is 41.6 Å². The van der Waals surface area contributed by atoms with Crippen LogP contribution in [0.3, 0.4) is 0 Å². The van der Waals surface area contributed by atoms with Crippen LogP contribution in [0, 0.1) is 0 Å². The molecule has 0 saturated heterocycles. The zero-order valence-corrected chi connectivity index (χ0v) is 11.9. The summed E-state index contributed by atoms with van der Waals surface area (Å²) >= 11 is 0. The molecule has 7 heteroatoms. The molecule has 0 radical (unpaired) electrons. The standard InChI is InChI=1S/C15H15N7/c16-12-11-7-18-15(21-13(11)20-14(17)19-12)22-6-5-9-3-1-2-4-10(9)8-22/h1-4,7H,5-6,8H2,(H4,16,17,18,19,20,21). The van der Waals surface area contributed by atoms with Crippen molar-refractivity contribution in [3.8, 4) is 0 Å². The highest BCUT2D eigenvalue weighted by atomic mass is 15.3. The number of nitrogens with zero attached hydrogens (tertiary/aromatic N) is 5. The van der Waals surface area contributed by atoms with Crippen molar-refractivity contribution in [3.63, 3.8) is 0 Å². The molecular formula is C15H15N7. The van der Waals surface area contributed by atoms with Crippen LogP contribution in [0.25, 0.3) is 11.0 Å². The monoisotopic (exact) mass is 293 g/mol. The maximum absolute atomic E-state index is 5.82. The topological polar surface area (TPSA) is 107 Å². The summed E-state index contributed by atoms with van der Waals surface area (Å²) in [5.74, 6) is 1.07. The summed E-state index contributed by atoms with van der Waals surface area (Å²) in [7, 11) is 0. The summed E-state index contributed by atoms with van der Waals surface area (Å²) in [6, 6.07) is 8.44. The summed E-state index contributed by atoms with van der Waals surface area (Å²) in [5.41, 5.74) is 14.6. The summed E-state index contributed by atoms with van der Waals surface area (Å²) in [5, 5.41) is 0.621. The fraction of sp³-hybridized carbons (Fsp3) is 0.200. The number of benzene rings is 1. The minimum Gasteiger partial charge on any atom is -0.383 e. The van der Waals surface area contributed by atoms with E-state index in [4.69, 9.17) is 11.5 Å². The predicted molar refractivity (Wildman–Crippen MR) is 85.1 cm³/mol. The van der Waals surface area contributed by atoms with E-state index < -0.39 is 0 Å². The molecule has 4 N–H and O–H groups in total. The zero-order chi connectivity index (χ0) is 15.1. The third-order valence-corrected chi connectivity index (χ3v) is 3.90. The van der Waals surface area contributed by atoms with Gasteiger partial charge in [-0.1, -0.05) is 24.3 Å². The quantitative estimate of drug-likeness (QED) is 0.693. The predicted octanol–water partition coefficient (Wildman–Crippen LogP) is 1.15. The van der Waals surface area contributed by atoms with Crippen molar-refractivity contribution in [1.82, 2.24) is 19.9 Å². The van der Waals surface area contributed by atoms with Gasteiger partial charge in [-0.2, -0.15) is 15.0 Å². The molecule has 0 atom stereocenters. The average molecular weight is 293 g/mol. The van der Waals surface area contributed by atoms with Crippen LogP contribution in [0.4, 0.5) is 17.7 Å². The lowest BCUT2D eigenvalue weighted by Gasteiger charge is -2.28. The minimum atomic E-state index is 0.124. The van der Waals surface area contributed by atoms with Gasteiger partial charge >= 0.3 is 0 Å². The van der Waals surface area contributed by atoms with Crippen molar-refractivity contribution in [2.45, 2.75) is 13.0 Å². The van der Waals surface area contributed by atoms with Crippen LogP contribution < -0.4 is 16.4 Å². The van der Waals surface area contributed by atoms with Crippen LogP contribution in [0.2, 0.25) is 0 Å². The van der Waals surface area contributed by atoms with E-state index in [0.717, 1.165) is 19.5 Å². The molecule has 2 aromatic heterocycles. The number of hydrogen-bond donors (Lipinski definition) is 2. The van der Waals surface area contributed by atoms with Gasteiger partial charge in [-0.05, 0) is 17.5 Å². The number of nitrogen functional groups attached to an aromatic ring is 2. The Kier molecular flexibility index (Phi) is 2.78. The van der Waals surface area contributed by atoms with E-state index in [2.05, 4.69) is 49.1 Å². The fourth-order valence-corrected chi connectivity index (χ4v) is 2.77. The molecule has 1 aliphatic rings. The van der Waals surface area contributed by atoms with Gasteiger partial charge in [0, 0.05) is 19.3 Å². The van der Waals surface area contributed by atoms with Crippen LogP contribution >= 0.6 is 0 Å². The number of hydrogen-bond acceptors (Lipinski definition) is 7. The normalized spacial score (nSPS) is 14.1. The van der Waals surface area contributed by atoms with Crippen molar-refractivity contribution < 1.29 is 0 Å². The molecule has 3 heterocycles. The Morgan fingerprint density at radius 3 is 2.68 bits per heavy atom. The van der Waals surface area contributed by atoms with Crippen molar-refractivity contribution in [1.29, 1.82) is 0 Å². The molecule has 22 heavy (non-hydrogen) atoms. The van der Waals surface area contributed by atoms with Crippen molar-refractivity contribution in [2.24, 2.45) is 0 Å². The molecular weight excluding hydrogens is 278 g/mol. The van der Waals surface area contributed by atoms with E-state index in [1.165, 1.54) is 11.1 Å². The van der Waals surface area contributed by atoms with Crippen LogP contribution in [-0.2, 0) is 13.0 Å². The summed E-state index contributed by atoms with van der Waals surface area (Å²) < 4.78 is 0. The Morgan fingerprint density at radius 2 is 1.82 bits per heavy atom. The third-order valence-electron chi connectivity index (χ3n) is 3.90.